The molecule has 1 aromatic rings. The van der Waals surface area contributed by atoms with Crippen LogP contribution in [0, 0.1) is 0 Å². The topological polar surface area (TPSA) is 46.2 Å². The standard InChI is InChI=1S/C10H11NO2S/c1-7(10(13)14)11-9(12)8-5-3-2-4-6-8/h2-7H,1H3,(H,11,12)(H,13,14). The molecule has 14 heavy (non-hydrogen) atoms. The molecule has 0 aromatic heterocycles. The van der Waals surface area contributed by atoms with E-state index in [1.807, 2.05) is 6.07 Å². The van der Waals surface area contributed by atoms with Crippen LogP contribution in [0.1, 0.15) is 17.3 Å². The fourth-order valence-electron chi connectivity index (χ4n) is 0.931. The molecule has 0 spiro atoms. The second kappa shape index (κ2) is 4.81. The number of carbonyl (C=O) groups excluding carboxylic acids is 2. The van der Waals surface area contributed by atoms with Crippen molar-refractivity contribution in [1.29, 1.82) is 0 Å². The average Bonchev–Trinajstić information content (AvgIpc) is 2.19. The van der Waals surface area contributed by atoms with Gasteiger partial charge in [0.15, 0.2) is 0 Å². The summed E-state index contributed by atoms with van der Waals surface area (Å²) in [6, 6.07) is 8.16. The molecule has 3 nitrogen and oxygen atoms in total. The molecule has 4 heteroatoms. The zero-order chi connectivity index (χ0) is 10.6. The van der Waals surface area contributed by atoms with Gasteiger partial charge in [-0.1, -0.05) is 18.2 Å². The Hall–Kier alpha value is -1.29. The Labute approximate surface area is 87.9 Å². The van der Waals surface area contributed by atoms with E-state index in [9.17, 15) is 9.59 Å². The normalized spacial score (nSPS) is 11.9. The number of hydrogen-bond acceptors (Lipinski definition) is 2. The molecule has 1 rings (SSSR count). The van der Waals surface area contributed by atoms with E-state index >= 15 is 0 Å². The van der Waals surface area contributed by atoms with E-state index in [0.29, 0.717) is 5.56 Å². The Morgan fingerprint density at radius 3 is 2.36 bits per heavy atom. The molecular formula is C10H11NO2S. The molecule has 1 atom stereocenters. The zero-order valence-corrected chi connectivity index (χ0v) is 8.62. The first-order valence-electron chi connectivity index (χ1n) is 4.20. The highest BCUT2D eigenvalue weighted by atomic mass is 32.1. The van der Waals surface area contributed by atoms with Gasteiger partial charge in [0.2, 0.25) is 5.12 Å². The van der Waals surface area contributed by atoms with Gasteiger partial charge in [0.05, 0.1) is 6.04 Å². The van der Waals surface area contributed by atoms with Gasteiger partial charge in [0.1, 0.15) is 0 Å². The van der Waals surface area contributed by atoms with Crippen molar-refractivity contribution in [2.45, 2.75) is 13.0 Å². The molecule has 0 saturated heterocycles. The third kappa shape index (κ3) is 2.88. The van der Waals surface area contributed by atoms with Crippen molar-refractivity contribution >= 4 is 23.7 Å². The molecule has 74 valence electrons. The summed E-state index contributed by atoms with van der Waals surface area (Å²) in [6.45, 7) is 1.59. The van der Waals surface area contributed by atoms with Crippen LogP contribution in [-0.4, -0.2) is 17.1 Å². The first-order chi connectivity index (χ1) is 6.61. The van der Waals surface area contributed by atoms with Crippen molar-refractivity contribution in [3.8, 4) is 0 Å². The minimum atomic E-state index is -0.564. The van der Waals surface area contributed by atoms with Crippen molar-refractivity contribution in [3.63, 3.8) is 0 Å². The van der Waals surface area contributed by atoms with Gasteiger partial charge in [-0.2, -0.15) is 0 Å². The first kappa shape index (κ1) is 10.8. The van der Waals surface area contributed by atoms with Gasteiger partial charge in [-0.05, 0) is 19.1 Å². The molecule has 0 aliphatic rings. The van der Waals surface area contributed by atoms with E-state index < -0.39 is 6.04 Å². The van der Waals surface area contributed by atoms with Crippen LogP contribution in [0.5, 0.6) is 0 Å². The Kier molecular flexibility index (Phi) is 3.71. The van der Waals surface area contributed by atoms with Crippen LogP contribution in [0.25, 0.3) is 0 Å². The predicted molar refractivity (Wildman–Crippen MR) is 57.4 cm³/mol. The maximum atomic E-state index is 11.5. The predicted octanol–water partition coefficient (Wildman–Crippen LogP) is 1.26. The van der Waals surface area contributed by atoms with E-state index in [0.717, 1.165) is 0 Å². The van der Waals surface area contributed by atoms with Crippen LogP contribution in [0.3, 0.4) is 0 Å². The summed E-state index contributed by atoms with van der Waals surface area (Å²) in [7, 11) is 0. The lowest BCUT2D eigenvalue weighted by Gasteiger charge is -2.09. The number of benzene rings is 1. The van der Waals surface area contributed by atoms with Gasteiger partial charge in [0, 0.05) is 5.56 Å². The molecule has 0 fully saturated rings. The lowest BCUT2D eigenvalue weighted by atomic mass is 10.2. The number of nitrogens with one attached hydrogen (secondary N) is 1. The highest BCUT2D eigenvalue weighted by Gasteiger charge is 2.12. The smallest absolute Gasteiger partial charge is 0.251 e. The monoisotopic (exact) mass is 209 g/mol. The summed E-state index contributed by atoms with van der Waals surface area (Å²) in [5.41, 5.74) is 0.536. The van der Waals surface area contributed by atoms with Gasteiger partial charge in [0.25, 0.3) is 5.91 Å². The Morgan fingerprint density at radius 2 is 1.86 bits per heavy atom. The second-order valence-corrected chi connectivity index (χ2v) is 3.34. The van der Waals surface area contributed by atoms with E-state index in [1.54, 1.807) is 31.2 Å². The zero-order valence-electron chi connectivity index (χ0n) is 7.73. The highest BCUT2D eigenvalue weighted by Crippen LogP contribution is 1.99. The molecule has 1 N–H and O–H groups in total. The maximum absolute atomic E-state index is 11.5. The summed E-state index contributed by atoms with van der Waals surface area (Å²) in [5, 5.41) is 2.18. The van der Waals surface area contributed by atoms with Crippen molar-refractivity contribution in [3.05, 3.63) is 35.9 Å². The average molecular weight is 209 g/mol. The number of thiol groups is 1. The van der Waals surface area contributed by atoms with Crippen LogP contribution < -0.4 is 5.32 Å². The minimum absolute atomic E-state index is 0.263. The summed E-state index contributed by atoms with van der Waals surface area (Å²) in [4.78, 5) is 22.2. The van der Waals surface area contributed by atoms with E-state index in [2.05, 4.69) is 17.9 Å². The van der Waals surface area contributed by atoms with Gasteiger partial charge in [-0.25, -0.2) is 0 Å². The lowest BCUT2D eigenvalue weighted by molar-refractivity contribution is -0.112. The summed E-state index contributed by atoms with van der Waals surface area (Å²) in [5.74, 6) is -0.263. The van der Waals surface area contributed by atoms with Gasteiger partial charge in [-0.3, -0.25) is 9.59 Å². The van der Waals surface area contributed by atoms with Crippen LogP contribution >= 0.6 is 12.6 Å². The molecule has 1 amide bonds. The summed E-state index contributed by atoms with van der Waals surface area (Å²) in [6.07, 6.45) is 0. The van der Waals surface area contributed by atoms with Crippen molar-refractivity contribution in [1.82, 2.24) is 5.32 Å². The van der Waals surface area contributed by atoms with Crippen LogP contribution in [0.4, 0.5) is 0 Å². The Bertz CT molecular complexity index is 337. The molecule has 0 bridgehead atoms. The van der Waals surface area contributed by atoms with Gasteiger partial charge in [-0.15, -0.1) is 12.6 Å². The molecular weight excluding hydrogens is 198 g/mol. The summed E-state index contributed by atoms with van der Waals surface area (Å²) < 4.78 is 0. The lowest BCUT2D eigenvalue weighted by Crippen LogP contribution is -2.36. The molecule has 0 aliphatic heterocycles. The Morgan fingerprint density at radius 1 is 1.29 bits per heavy atom. The van der Waals surface area contributed by atoms with Gasteiger partial charge >= 0.3 is 0 Å². The molecule has 0 saturated carbocycles. The summed E-state index contributed by atoms with van der Waals surface area (Å²) >= 11 is 3.63. The molecule has 1 aromatic carbocycles. The largest absolute Gasteiger partial charge is 0.342 e. The van der Waals surface area contributed by atoms with Crippen molar-refractivity contribution < 1.29 is 9.59 Å². The number of carbonyl (C=O) groups is 2. The van der Waals surface area contributed by atoms with Crippen LogP contribution in [0.15, 0.2) is 30.3 Å². The van der Waals surface area contributed by atoms with Crippen LogP contribution in [-0.2, 0) is 4.79 Å². The fraction of sp³-hybridized carbons (Fsp3) is 0.200. The van der Waals surface area contributed by atoms with Crippen molar-refractivity contribution in [2.75, 3.05) is 0 Å². The third-order valence-electron chi connectivity index (χ3n) is 1.75. The molecule has 0 aliphatic carbocycles. The SMILES string of the molecule is CC(NC(=O)c1ccccc1)C(=O)S. The fourth-order valence-corrected chi connectivity index (χ4v) is 0.996. The molecule has 0 radical (unpaired) electrons. The van der Waals surface area contributed by atoms with Gasteiger partial charge < -0.3 is 5.32 Å². The number of amides is 1. The van der Waals surface area contributed by atoms with Crippen molar-refractivity contribution in [2.24, 2.45) is 0 Å². The van der Waals surface area contributed by atoms with E-state index in [1.165, 1.54) is 0 Å². The third-order valence-corrected chi connectivity index (χ3v) is 2.14. The Balaban J connectivity index is 2.64. The van der Waals surface area contributed by atoms with E-state index in [4.69, 9.17) is 0 Å². The number of hydrogen-bond donors (Lipinski definition) is 2. The quantitative estimate of drug-likeness (QED) is 0.736. The maximum Gasteiger partial charge on any atom is 0.251 e. The first-order valence-corrected chi connectivity index (χ1v) is 4.64. The minimum Gasteiger partial charge on any atom is -0.342 e. The van der Waals surface area contributed by atoms with Crippen LogP contribution in [0.2, 0.25) is 0 Å². The second-order valence-electron chi connectivity index (χ2n) is 2.90. The molecule has 0 heterocycles. The number of rotatable bonds is 3. The highest BCUT2D eigenvalue weighted by molar-refractivity contribution is 7.96. The molecule has 1 unspecified atom stereocenters. The van der Waals surface area contributed by atoms with E-state index in [-0.39, 0.29) is 11.0 Å².